The molecule has 0 radical (unpaired) electrons. The zero-order chi connectivity index (χ0) is 21.7. The molecule has 0 saturated carbocycles. The first kappa shape index (κ1) is 21.2. The molecule has 30 heavy (non-hydrogen) atoms. The van der Waals surface area contributed by atoms with Crippen LogP contribution in [0.4, 0.5) is 0 Å². The first-order valence-corrected chi connectivity index (χ1v) is 9.47. The predicted octanol–water partition coefficient (Wildman–Crippen LogP) is 3.81. The van der Waals surface area contributed by atoms with Crippen molar-refractivity contribution in [3.05, 3.63) is 53.9 Å². The van der Waals surface area contributed by atoms with E-state index in [1.54, 1.807) is 56.6 Å². The van der Waals surface area contributed by atoms with Crippen LogP contribution in [0, 0.1) is 0 Å². The summed E-state index contributed by atoms with van der Waals surface area (Å²) in [5.74, 6) is 2.25. The Hall–Kier alpha value is -3.55. The number of benzene rings is 2. The molecular weight excluding hydrogens is 386 g/mol. The fraction of sp³-hybridized carbons (Fsp3) is 0.318. The van der Waals surface area contributed by atoms with Crippen LogP contribution in [0.15, 0.2) is 47.0 Å². The largest absolute Gasteiger partial charge is 0.496 e. The number of carbonyl (C=O) groups excluding carboxylic acids is 1. The zero-order valence-corrected chi connectivity index (χ0v) is 17.7. The number of aromatic nitrogens is 2. The van der Waals surface area contributed by atoms with Gasteiger partial charge < -0.3 is 23.6 Å². The fourth-order valence-corrected chi connectivity index (χ4v) is 3.02. The van der Waals surface area contributed by atoms with Crippen molar-refractivity contribution in [2.75, 3.05) is 21.3 Å². The maximum Gasteiger partial charge on any atom is 0.258 e. The normalized spacial score (nSPS) is 10.7. The van der Waals surface area contributed by atoms with Gasteiger partial charge in [0.15, 0.2) is 11.5 Å². The molecule has 0 aliphatic heterocycles. The molecule has 0 aliphatic rings. The van der Waals surface area contributed by atoms with Crippen molar-refractivity contribution in [2.24, 2.45) is 0 Å². The molecule has 2 aromatic carbocycles. The standard InChI is InChI=1S/C22H25N3O5/c1-14(2)25(22(26)16-8-6-7-9-17(16)27-3)13-20-23-21(24-30-20)15-10-11-18(28-4)19(12-15)29-5/h6-12,14H,13H2,1-5H3. The van der Waals surface area contributed by atoms with Gasteiger partial charge in [-0.15, -0.1) is 0 Å². The van der Waals surface area contributed by atoms with E-state index in [-0.39, 0.29) is 18.5 Å². The van der Waals surface area contributed by atoms with E-state index in [0.29, 0.717) is 34.5 Å². The van der Waals surface area contributed by atoms with Gasteiger partial charge in [-0.3, -0.25) is 4.79 Å². The highest BCUT2D eigenvalue weighted by Gasteiger charge is 2.24. The summed E-state index contributed by atoms with van der Waals surface area (Å²) in [6.07, 6.45) is 0. The highest BCUT2D eigenvalue weighted by molar-refractivity contribution is 5.97. The third-order valence-electron chi connectivity index (χ3n) is 4.64. The molecule has 3 aromatic rings. The molecule has 0 saturated heterocycles. The van der Waals surface area contributed by atoms with Crippen molar-refractivity contribution in [1.29, 1.82) is 0 Å². The fourth-order valence-electron chi connectivity index (χ4n) is 3.02. The summed E-state index contributed by atoms with van der Waals surface area (Å²) in [5, 5.41) is 4.05. The van der Waals surface area contributed by atoms with Crippen molar-refractivity contribution in [2.45, 2.75) is 26.4 Å². The minimum Gasteiger partial charge on any atom is -0.496 e. The second-order valence-corrected chi connectivity index (χ2v) is 6.81. The molecule has 0 unspecified atom stereocenters. The molecule has 0 spiro atoms. The van der Waals surface area contributed by atoms with Gasteiger partial charge in [-0.2, -0.15) is 4.98 Å². The van der Waals surface area contributed by atoms with Gasteiger partial charge in [0.2, 0.25) is 11.7 Å². The molecule has 0 fully saturated rings. The van der Waals surface area contributed by atoms with E-state index < -0.39 is 0 Å². The lowest BCUT2D eigenvalue weighted by molar-refractivity contribution is 0.0664. The number of hydrogen-bond acceptors (Lipinski definition) is 7. The number of rotatable bonds is 8. The van der Waals surface area contributed by atoms with Gasteiger partial charge in [-0.1, -0.05) is 17.3 Å². The SMILES string of the molecule is COc1ccc(-c2noc(CN(C(=O)c3ccccc3OC)C(C)C)n2)cc1OC. The molecule has 158 valence electrons. The molecule has 0 aliphatic carbocycles. The van der Waals surface area contributed by atoms with Crippen LogP contribution in [0.3, 0.4) is 0 Å². The van der Waals surface area contributed by atoms with Gasteiger partial charge in [0.25, 0.3) is 5.91 Å². The average Bonchev–Trinajstić information content (AvgIpc) is 3.25. The molecule has 1 heterocycles. The van der Waals surface area contributed by atoms with E-state index >= 15 is 0 Å². The van der Waals surface area contributed by atoms with E-state index in [2.05, 4.69) is 10.1 Å². The number of methoxy groups -OCH3 is 3. The van der Waals surface area contributed by atoms with E-state index in [0.717, 1.165) is 5.56 Å². The van der Waals surface area contributed by atoms with Gasteiger partial charge in [0.1, 0.15) is 12.3 Å². The Kier molecular flexibility index (Phi) is 6.56. The number of carbonyl (C=O) groups is 1. The van der Waals surface area contributed by atoms with E-state index in [4.69, 9.17) is 18.7 Å². The Morgan fingerprint density at radius 3 is 2.37 bits per heavy atom. The molecule has 3 rings (SSSR count). The Bertz CT molecular complexity index is 1020. The van der Waals surface area contributed by atoms with Gasteiger partial charge in [-0.05, 0) is 44.2 Å². The Balaban J connectivity index is 1.84. The first-order chi connectivity index (χ1) is 14.5. The van der Waals surface area contributed by atoms with E-state index in [1.807, 2.05) is 26.0 Å². The molecule has 1 amide bonds. The summed E-state index contributed by atoms with van der Waals surface area (Å²) in [4.78, 5) is 19.2. The third kappa shape index (κ3) is 4.37. The quantitative estimate of drug-likeness (QED) is 0.557. The van der Waals surface area contributed by atoms with Gasteiger partial charge >= 0.3 is 0 Å². The Morgan fingerprint density at radius 1 is 1.00 bits per heavy atom. The second-order valence-electron chi connectivity index (χ2n) is 6.81. The molecule has 0 atom stereocenters. The van der Waals surface area contributed by atoms with Crippen LogP contribution in [0.2, 0.25) is 0 Å². The van der Waals surface area contributed by atoms with Crippen LogP contribution in [0.5, 0.6) is 17.2 Å². The topological polar surface area (TPSA) is 86.9 Å². The van der Waals surface area contributed by atoms with Crippen LogP contribution in [-0.2, 0) is 6.54 Å². The zero-order valence-electron chi connectivity index (χ0n) is 17.7. The number of nitrogens with zero attached hydrogens (tertiary/aromatic N) is 3. The maximum atomic E-state index is 13.1. The Labute approximate surface area is 175 Å². The smallest absolute Gasteiger partial charge is 0.258 e. The summed E-state index contributed by atoms with van der Waals surface area (Å²) >= 11 is 0. The summed E-state index contributed by atoms with van der Waals surface area (Å²) < 4.78 is 21.3. The minimum atomic E-state index is -0.173. The van der Waals surface area contributed by atoms with Crippen molar-refractivity contribution < 1.29 is 23.5 Å². The lowest BCUT2D eigenvalue weighted by Crippen LogP contribution is -2.36. The third-order valence-corrected chi connectivity index (χ3v) is 4.64. The van der Waals surface area contributed by atoms with E-state index in [1.165, 1.54) is 0 Å². The van der Waals surface area contributed by atoms with Crippen LogP contribution >= 0.6 is 0 Å². The number of amides is 1. The Morgan fingerprint density at radius 2 is 1.70 bits per heavy atom. The second kappa shape index (κ2) is 9.30. The van der Waals surface area contributed by atoms with Crippen LogP contribution < -0.4 is 14.2 Å². The summed E-state index contributed by atoms with van der Waals surface area (Å²) in [6.45, 7) is 4.03. The van der Waals surface area contributed by atoms with E-state index in [9.17, 15) is 4.79 Å². The van der Waals surface area contributed by atoms with Crippen molar-refractivity contribution >= 4 is 5.91 Å². The van der Waals surface area contributed by atoms with Crippen LogP contribution in [-0.4, -0.2) is 48.3 Å². The lowest BCUT2D eigenvalue weighted by atomic mass is 10.1. The van der Waals surface area contributed by atoms with Gasteiger partial charge in [0.05, 0.1) is 26.9 Å². The van der Waals surface area contributed by atoms with Crippen LogP contribution in [0.1, 0.15) is 30.1 Å². The van der Waals surface area contributed by atoms with Crippen molar-refractivity contribution in [3.8, 4) is 28.6 Å². The monoisotopic (exact) mass is 411 g/mol. The van der Waals surface area contributed by atoms with Crippen LogP contribution in [0.25, 0.3) is 11.4 Å². The summed E-state index contributed by atoms with van der Waals surface area (Å²) in [5.41, 5.74) is 1.20. The number of hydrogen-bond donors (Lipinski definition) is 0. The molecule has 8 nitrogen and oxygen atoms in total. The van der Waals surface area contributed by atoms with Crippen molar-refractivity contribution in [3.63, 3.8) is 0 Å². The lowest BCUT2D eigenvalue weighted by Gasteiger charge is -2.25. The summed E-state index contributed by atoms with van der Waals surface area (Å²) in [7, 11) is 4.68. The summed E-state index contributed by atoms with van der Waals surface area (Å²) in [6, 6.07) is 12.4. The van der Waals surface area contributed by atoms with Gasteiger partial charge in [-0.25, -0.2) is 0 Å². The molecular formula is C22H25N3O5. The molecule has 1 aromatic heterocycles. The van der Waals surface area contributed by atoms with Crippen molar-refractivity contribution in [1.82, 2.24) is 15.0 Å². The first-order valence-electron chi connectivity index (χ1n) is 9.47. The number of para-hydroxylation sites is 1. The minimum absolute atomic E-state index is 0.0844. The predicted molar refractivity (Wildman–Crippen MR) is 111 cm³/mol. The highest BCUT2D eigenvalue weighted by atomic mass is 16.5. The number of ether oxygens (including phenoxy) is 3. The molecule has 0 N–H and O–H groups in total. The maximum absolute atomic E-state index is 13.1. The molecule has 8 heteroatoms. The van der Waals surface area contributed by atoms with Gasteiger partial charge in [0, 0.05) is 11.6 Å². The average molecular weight is 411 g/mol. The molecule has 0 bridgehead atoms. The highest BCUT2D eigenvalue weighted by Crippen LogP contribution is 2.31.